The van der Waals surface area contributed by atoms with E-state index in [-0.39, 0.29) is 18.4 Å². The largest absolute Gasteiger partial charge is 0.484 e. The van der Waals surface area contributed by atoms with Gasteiger partial charge in [0, 0.05) is 36.9 Å². The number of halogens is 1. The van der Waals surface area contributed by atoms with Gasteiger partial charge in [0.2, 0.25) is 5.91 Å². The molecule has 1 heterocycles. The fourth-order valence-electron chi connectivity index (χ4n) is 3.29. The topological polar surface area (TPSA) is 61.9 Å². The Labute approximate surface area is 176 Å². The third kappa shape index (κ3) is 6.21. The first-order chi connectivity index (χ1) is 14.0. The first-order valence-electron chi connectivity index (χ1n) is 9.81. The predicted molar refractivity (Wildman–Crippen MR) is 114 cm³/mol. The molecular formula is C22H26ClN3O3. The lowest BCUT2D eigenvalue weighted by Gasteiger charge is -2.34. The number of rotatable bonds is 7. The van der Waals surface area contributed by atoms with Gasteiger partial charge in [0.25, 0.3) is 5.91 Å². The van der Waals surface area contributed by atoms with Gasteiger partial charge in [-0.15, -0.1) is 0 Å². The Morgan fingerprint density at radius 1 is 1.07 bits per heavy atom. The summed E-state index contributed by atoms with van der Waals surface area (Å²) in [6, 6.07) is 14.8. The third-order valence-electron chi connectivity index (χ3n) is 4.92. The van der Waals surface area contributed by atoms with Crippen LogP contribution in [0.1, 0.15) is 12.5 Å². The summed E-state index contributed by atoms with van der Waals surface area (Å²) in [5, 5.41) is 3.57. The highest BCUT2D eigenvalue weighted by Gasteiger charge is 2.23. The minimum atomic E-state index is -0.0639. The van der Waals surface area contributed by atoms with E-state index in [0.29, 0.717) is 43.5 Å². The fourth-order valence-corrected chi connectivity index (χ4v) is 3.47. The molecule has 0 aliphatic carbocycles. The molecule has 1 fully saturated rings. The van der Waals surface area contributed by atoms with E-state index in [9.17, 15) is 9.59 Å². The zero-order valence-electron chi connectivity index (χ0n) is 16.6. The molecule has 2 amide bonds. The van der Waals surface area contributed by atoms with Gasteiger partial charge in [0.05, 0.1) is 6.54 Å². The average Bonchev–Trinajstić information content (AvgIpc) is 2.73. The summed E-state index contributed by atoms with van der Waals surface area (Å²) in [4.78, 5) is 28.6. The van der Waals surface area contributed by atoms with Crippen LogP contribution in [0.3, 0.4) is 0 Å². The first kappa shape index (κ1) is 21.1. The molecule has 1 saturated heterocycles. The van der Waals surface area contributed by atoms with Crippen LogP contribution >= 0.6 is 11.6 Å². The Balaban J connectivity index is 1.41. The lowest BCUT2D eigenvalue weighted by Crippen LogP contribution is -2.51. The Kier molecular flexibility index (Phi) is 7.49. The SMILES string of the molecule is CCc1ccccc1NC(=O)CN1CCN(C(=O)COc2cccc(Cl)c2)CC1. The molecule has 2 aromatic rings. The van der Waals surface area contributed by atoms with Gasteiger partial charge >= 0.3 is 0 Å². The van der Waals surface area contributed by atoms with Crippen LogP contribution in [0, 0.1) is 0 Å². The van der Waals surface area contributed by atoms with Crippen molar-refractivity contribution in [1.29, 1.82) is 0 Å². The van der Waals surface area contributed by atoms with Crippen molar-refractivity contribution >= 4 is 29.1 Å². The highest BCUT2D eigenvalue weighted by atomic mass is 35.5. The number of ether oxygens (including phenoxy) is 1. The molecule has 1 aliphatic heterocycles. The molecule has 0 bridgehead atoms. The molecule has 2 aromatic carbocycles. The van der Waals surface area contributed by atoms with Crippen LogP contribution < -0.4 is 10.1 Å². The summed E-state index contributed by atoms with van der Waals surface area (Å²) in [6.07, 6.45) is 0.870. The van der Waals surface area contributed by atoms with E-state index in [1.54, 1.807) is 29.2 Å². The van der Waals surface area contributed by atoms with Crippen LogP contribution in [0.25, 0.3) is 0 Å². The first-order valence-corrected chi connectivity index (χ1v) is 10.2. The molecule has 0 spiro atoms. The molecule has 6 nitrogen and oxygen atoms in total. The minimum absolute atomic E-state index is 0.0192. The van der Waals surface area contributed by atoms with Gasteiger partial charge in [-0.3, -0.25) is 14.5 Å². The van der Waals surface area contributed by atoms with Crippen molar-refractivity contribution < 1.29 is 14.3 Å². The van der Waals surface area contributed by atoms with Gasteiger partial charge in [0.1, 0.15) is 5.75 Å². The van der Waals surface area contributed by atoms with Gasteiger partial charge in [0.15, 0.2) is 6.61 Å². The van der Waals surface area contributed by atoms with Crippen molar-refractivity contribution in [1.82, 2.24) is 9.80 Å². The molecule has 0 radical (unpaired) electrons. The molecule has 29 heavy (non-hydrogen) atoms. The van der Waals surface area contributed by atoms with E-state index in [1.807, 2.05) is 24.3 Å². The van der Waals surface area contributed by atoms with Crippen LogP contribution in [-0.2, 0) is 16.0 Å². The predicted octanol–water partition coefficient (Wildman–Crippen LogP) is 3.06. The molecule has 3 rings (SSSR count). The maximum atomic E-state index is 12.4. The number of carbonyl (C=O) groups is 2. The standard InChI is InChI=1S/C22H26ClN3O3/c1-2-17-6-3-4-9-20(17)24-21(27)15-25-10-12-26(13-11-25)22(28)16-29-19-8-5-7-18(23)14-19/h3-9,14H,2,10-13,15-16H2,1H3,(H,24,27). The zero-order valence-corrected chi connectivity index (χ0v) is 17.3. The van der Waals surface area contributed by atoms with Gasteiger partial charge in [-0.1, -0.05) is 42.8 Å². The smallest absolute Gasteiger partial charge is 0.260 e. The maximum absolute atomic E-state index is 12.4. The van der Waals surface area contributed by atoms with Crippen molar-refractivity contribution in [2.24, 2.45) is 0 Å². The van der Waals surface area contributed by atoms with E-state index >= 15 is 0 Å². The van der Waals surface area contributed by atoms with Crippen LogP contribution in [-0.4, -0.2) is 60.9 Å². The molecule has 7 heteroatoms. The maximum Gasteiger partial charge on any atom is 0.260 e. The highest BCUT2D eigenvalue weighted by molar-refractivity contribution is 6.30. The van der Waals surface area contributed by atoms with Crippen LogP contribution in [0.15, 0.2) is 48.5 Å². The summed E-state index contributed by atoms with van der Waals surface area (Å²) in [5.41, 5.74) is 1.99. The molecule has 1 N–H and O–H groups in total. The number of amides is 2. The quantitative estimate of drug-likeness (QED) is 0.755. The van der Waals surface area contributed by atoms with Crippen LogP contribution in [0.2, 0.25) is 5.02 Å². The second-order valence-corrected chi connectivity index (χ2v) is 7.40. The van der Waals surface area contributed by atoms with Gasteiger partial charge in [-0.25, -0.2) is 0 Å². The summed E-state index contributed by atoms with van der Waals surface area (Å²) in [7, 11) is 0. The number of nitrogens with one attached hydrogen (secondary N) is 1. The summed E-state index contributed by atoms with van der Waals surface area (Å²) < 4.78 is 5.53. The van der Waals surface area contributed by atoms with Crippen LogP contribution in [0.5, 0.6) is 5.75 Å². The fraction of sp³-hybridized carbons (Fsp3) is 0.364. The number of benzene rings is 2. The summed E-state index contributed by atoms with van der Waals surface area (Å²) in [5.74, 6) is 0.481. The number of nitrogens with zero attached hydrogens (tertiary/aromatic N) is 2. The van der Waals surface area contributed by atoms with Crippen molar-refractivity contribution in [2.75, 3.05) is 44.6 Å². The second-order valence-electron chi connectivity index (χ2n) is 6.96. The number of aryl methyl sites for hydroxylation is 1. The Bertz CT molecular complexity index is 851. The monoisotopic (exact) mass is 415 g/mol. The van der Waals surface area contributed by atoms with Gasteiger partial charge in [-0.05, 0) is 36.2 Å². The number of hydrogen-bond donors (Lipinski definition) is 1. The average molecular weight is 416 g/mol. The van der Waals surface area contributed by atoms with E-state index in [4.69, 9.17) is 16.3 Å². The van der Waals surface area contributed by atoms with Gasteiger partial charge < -0.3 is 15.0 Å². The molecule has 1 aliphatic rings. The molecule has 154 valence electrons. The van der Waals surface area contributed by atoms with Crippen molar-refractivity contribution in [3.05, 3.63) is 59.1 Å². The molecule has 0 atom stereocenters. The van der Waals surface area contributed by atoms with Crippen molar-refractivity contribution in [3.8, 4) is 5.75 Å². The van der Waals surface area contributed by atoms with Crippen LogP contribution in [0.4, 0.5) is 5.69 Å². The molecular weight excluding hydrogens is 390 g/mol. The third-order valence-corrected chi connectivity index (χ3v) is 5.16. The Hall–Kier alpha value is -2.57. The van der Waals surface area contributed by atoms with Crippen molar-refractivity contribution in [3.63, 3.8) is 0 Å². The number of anilines is 1. The lowest BCUT2D eigenvalue weighted by atomic mass is 10.1. The van der Waals surface area contributed by atoms with Crippen molar-refractivity contribution in [2.45, 2.75) is 13.3 Å². The Morgan fingerprint density at radius 3 is 2.55 bits per heavy atom. The lowest BCUT2D eigenvalue weighted by molar-refractivity contribution is -0.135. The van der Waals surface area contributed by atoms with E-state index < -0.39 is 0 Å². The van der Waals surface area contributed by atoms with E-state index in [1.165, 1.54) is 0 Å². The number of piperazine rings is 1. The second kappa shape index (κ2) is 10.3. The number of hydrogen-bond acceptors (Lipinski definition) is 4. The minimum Gasteiger partial charge on any atom is -0.484 e. The summed E-state index contributed by atoms with van der Waals surface area (Å²) >= 11 is 5.92. The summed E-state index contributed by atoms with van der Waals surface area (Å²) in [6.45, 7) is 4.84. The van der Waals surface area contributed by atoms with Gasteiger partial charge in [-0.2, -0.15) is 0 Å². The van der Waals surface area contributed by atoms with E-state index in [0.717, 1.165) is 17.7 Å². The normalized spacial score (nSPS) is 14.5. The number of para-hydroxylation sites is 1. The Morgan fingerprint density at radius 2 is 1.83 bits per heavy atom. The molecule has 0 aromatic heterocycles. The number of carbonyl (C=O) groups excluding carboxylic acids is 2. The molecule has 0 saturated carbocycles. The molecule has 0 unspecified atom stereocenters. The highest BCUT2D eigenvalue weighted by Crippen LogP contribution is 2.17. The van der Waals surface area contributed by atoms with E-state index in [2.05, 4.69) is 17.1 Å². The zero-order chi connectivity index (χ0) is 20.6.